The van der Waals surface area contributed by atoms with Gasteiger partial charge in [0.05, 0.1) is 18.1 Å². The van der Waals surface area contributed by atoms with Crippen LogP contribution in [-0.4, -0.2) is 26.3 Å². The van der Waals surface area contributed by atoms with Crippen LogP contribution in [0.3, 0.4) is 0 Å². The van der Waals surface area contributed by atoms with Gasteiger partial charge in [-0.3, -0.25) is 5.10 Å². The van der Waals surface area contributed by atoms with Crippen LogP contribution in [0.1, 0.15) is 9.67 Å². The number of aromatic nitrogens is 3. The first-order valence-corrected chi connectivity index (χ1v) is 4.52. The third kappa shape index (κ3) is 1.72. The molecule has 0 spiro atoms. The van der Waals surface area contributed by atoms with Crippen LogP contribution in [0.15, 0.2) is 18.6 Å². The first-order valence-electron chi connectivity index (χ1n) is 3.70. The normalized spacial score (nSPS) is 10.0. The summed E-state index contributed by atoms with van der Waals surface area (Å²) in [7, 11) is 0. The minimum atomic E-state index is -0.970. The number of H-pyrrole nitrogens is 1. The maximum absolute atomic E-state index is 10.5. The van der Waals surface area contributed by atoms with Gasteiger partial charge in [-0.15, -0.1) is 0 Å². The number of anilines is 2. The topological polar surface area (TPSA) is 90.9 Å². The van der Waals surface area contributed by atoms with E-state index in [1.807, 2.05) is 0 Å². The Balaban J connectivity index is 2.14. The quantitative estimate of drug-likeness (QED) is 0.710. The summed E-state index contributed by atoms with van der Waals surface area (Å²) in [6, 6.07) is 0. The molecule has 0 aliphatic heterocycles. The minimum Gasteiger partial charge on any atom is -0.477 e. The molecule has 2 heterocycles. The van der Waals surface area contributed by atoms with Crippen molar-refractivity contribution < 1.29 is 9.90 Å². The number of rotatable bonds is 3. The lowest BCUT2D eigenvalue weighted by molar-refractivity contribution is 0.0702. The number of carboxylic acids is 1. The Labute approximate surface area is 82.6 Å². The average Bonchev–Trinajstić information content (AvgIpc) is 2.75. The summed E-state index contributed by atoms with van der Waals surface area (Å²) >= 11 is 1.08. The summed E-state index contributed by atoms with van der Waals surface area (Å²) in [5.41, 5.74) is 0.747. The van der Waals surface area contributed by atoms with Crippen molar-refractivity contribution in [3.05, 3.63) is 23.5 Å². The van der Waals surface area contributed by atoms with Crippen molar-refractivity contribution in [1.82, 2.24) is 15.2 Å². The molecule has 7 heteroatoms. The molecule has 0 bridgehead atoms. The summed E-state index contributed by atoms with van der Waals surface area (Å²) in [4.78, 5) is 14.6. The molecule has 0 aliphatic carbocycles. The Morgan fingerprint density at radius 1 is 1.57 bits per heavy atom. The zero-order valence-electron chi connectivity index (χ0n) is 6.89. The van der Waals surface area contributed by atoms with Gasteiger partial charge in [0.2, 0.25) is 0 Å². The highest BCUT2D eigenvalue weighted by Crippen LogP contribution is 2.21. The number of hydrogen-bond acceptors (Lipinski definition) is 5. The number of aromatic carboxylic acids is 1. The van der Waals surface area contributed by atoms with Crippen molar-refractivity contribution in [1.29, 1.82) is 0 Å². The number of hydrogen-bond donors (Lipinski definition) is 3. The van der Waals surface area contributed by atoms with Crippen LogP contribution < -0.4 is 5.32 Å². The Morgan fingerprint density at radius 3 is 3.00 bits per heavy atom. The van der Waals surface area contributed by atoms with E-state index >= 15 is 0 Å². The van der Waals surface area contributed by atoms with Gasteiger partial charge in [-0.05, 0) is 0 Å². The maximum atomic E-state index is 10.5. The fourth-order valence-corrected chi connectivity index (χ4v) is 1.55. The molecule has 0 saturated carbocycles. The van der Waals surface area contributed by atoms with E-state index in [9.17, 15) is 4.79 Å². The number of carboxylic acid groups (broad SMARTS) is 1. The van der Waals surface area contributed by atoms with Crippen LogP contribution in [0.4, 0.5) is 10.8 Å². The molecule has 72 valence electrons. The smallest absolute Gasteiger partial charge is 0.347 e. The molecule has 0 atom stereocenters. The fraction of sp³-hybridized carbons (Fsp3) is 0. The lowest BCUT2D eigenvalue weighted by Gasteiger charge is -1.94. The van der Waals surface area contributed by atoms with Crippen LogP contribution in [0.2, 0.25) is 0 Å². The van der Waals surface area contributed by atoms with E-state index in [0.29, 0.717) is 5.13 Å². The molecule has 2 aromatic rings. The second-order valence-corrected chi connectivity index (χ2v) is 3.48. The molecule has 0 aliphatic rings. The van der Waals surface area contributed by atoms with E-state index in [1.165, 1.54) is 6.20 Å². The van der Waals surface area contributed by atoms with Gasteiger partial charge < -0.3 is 10.4 Å². The summed E-state index contributed by atoms with van der Waals surface area (Å²) < 4.78 is 0. The zero-order chi connectivity index (χ0) is 9.97. The Kier molecular flexibility index (Phi) is 2.15. The molecular formula is C7H6N4O2S. The SMILES string of the molecule is O=C(O)c1cnc(Nc2cn[nH]c2)s1. The van der Waals surface area contributed by atoms with Crippen molar-refractivity contribution in [2.45, 2.75) is 0 Å². The number of nitrogens with zero attached hydrogens (tertiary/aromatic N) is 2. The van der Waals surface area contributed by atoms with Gasteiger partial charge in [0, 0.05) is 6.20 Å². The van der Waals surface area contributed by atoms with Gasteiger partial charge in [0.1, 0.15) is 4.88 Å². The third-order valence-electron chi connectivity index (χ3n) is 1.47. The minimum absolute atomic E-state index is 0.205. The van der Waals surface area contributed by atoms with Crippen molar-refractivity contribution in [3.8, 4) is 0 Å². The molecule has 0 amide bonds. The second-order valence-electron chi connectivity index (χ2n) is 2.45. The molecule has 6 nitrogen and oxygen atoms in total. The van der Waals surface area contributed by atoms with E-state index in [0.717, 1.165) is 17.0 Å². The zero-order valence-corrected chi connectivity index (χ0v) is 7.71. The highest BCUT2D eigenvalue weighted by Gasteiger charge is 2.08. The van der Waals surface area contributed by atoms with Gasteiger partial charge >= 0.3 is 5.97 Å². The largest absolute Gasteiger partial charge is 0.477 e. The molecule has 0 saturated heterocycles. The Morgan fingerprint density at radius 2 is 2.43 bits per heavy atom. The predicted octanol–water partition coefficient (Wildman–Crippen LogP) is 1.31. The monoisotopic (exact) mass is 210 g/mol. The van der Waals surface area contributed by atoms with Crippen molar-refractivity contribution >= 4 is 28.1 Å². The van der Waals surface area contributed by atoms with Gasteiger partial charge in [-0.2, -0.15) is 5.10 Å². The summed E-state index contributed by atoms with van der Waals surface area (Å²) in [6.07, 6.45) is 4.55. The average molecular weight is 210 g/mol. The summed E-state index contributed by atoms with van der Waals surface area (Å²) in [6.45, 7) is 0. The van der Waals surface area contributed by atoms with Crippen molar-refractivity contribution in [2.24, 2.45) is 0 Å². The van der Waals surface area contributed by atoms with Gasteiger partial charge in [-0.25, -0.2) is 9.78 Å². The van der Waals surface area contributed by atoms with Crippen LogP contribution in [0, 0.1) is 0 Å². The Hall–Kier alpha value is -1.89. The predicted molar refractivity (Wildman–Crippen MR) is 50.9 cm³/mol. The van der Waals surface area contributed by atoms with Gasteiger partial charge in [-0.1, -0.05) is 11.3 Å². The molecule has 0 aromatic carbocycles. The van der Waals surface area contributed by atoms with Crippen LogP contribution in [0.5, 0.6) is 0 Å². The molecule has 14 heavy (non-hydrogen) atoms. The standard InChI is InChI=1S/C7H6N4O2S/c12-6(13)5-3-8-7(14-5)11-4-1-9-10-2-4/h1-3H,(H,8,11)(H,9,10)(H,12,13). The Bertz CT molecular complexity index is 436. The van der Waals surface area contributed by atoms with Crippen LogP contribution in [-0.2, 0) is 0 Å². The van der Waals surface area contributed by atoms with E-state index in [4.69, 9.17) is 5.11 Å². The first-order chi connectivity index (χ1) is 6.75. The van der Waals surface area contributed by atoms with E-state index < -0.39 is 5.97 Å². The van der Waals surface area contributed by atoms with Crippen molar-refractivity contribution in [3.63, 3.8) is 0 Å². The number of carbonyl (C=O) groups is 1. The van der Waals surface area contributed by atoms with Gasteiger partial charge in [0.15, 0.2) is 5.13 Å². The lowest BCUT2D eigenvalue weighted by atomic mass is 10.6. The molecule has 2 rings (SSSR count). The lowest BCUT2D eigenvalue weighted by Crippen LogP contribution is -1.89. The molecule has 0 fully saturated rings. The number of thiazole rings is 1. The van der Waals surface area contributed by atoms with Crippen LogP contribution in [0.25, 0.3) is 0 Å². The van der Waals surface area contributed by atoms with E-state index in [1.54, 1.807) is 12.4 Å². The first kappa shape index (κ1) is 8.70. The molecule has 0 radical (unpaired) electrons. The maximum Gasteiger partial charge on any atom is 0.347 e. The number of aromatic amines is 1. The third-order valence-corrected chi connectivity index (χ3v) is 2.37. The molecule has 2 aromatic heterocycles. The summed E-state index contributed by atoms with van der Waals surface area (Å²) in [5, 5.41) is 18.5. The van der Waals surface area contributed by atoms with Crippen LogP contribution >= 0.6 is 11.3 Å². The number of nitrogens with one attached hydrogen (secondary N) is 2. The fourth-order valence-electron chi connectivity index (χ4n) is 0.873. The van der Waals surface area contributed by atoms with E-state index in [-0.39, 0.29) is 4.88 Å². The van der Waals surface area contributed by atoms with E-state index in [2.05, 4.69) is 20.5 Å². The highest BCUT2D eigenvalue weighted by atomic mass is 32.1. The second kappa shape index (κ2) is 3.46. The summed E-state index contributed by atoms with van der Waals surface area (Å²) in [5.74, 6) is -0.970. The van der Waals surface area contributed by atoms with Crippen molar-refractivity contribution in [2.75, 3.05) is 5.32 Å². The highest BCUT2D eigenvalue weighted by molar-refractivity contribution is 7.17. The molecule has 3 N–H and O–H groups in total. The molecular weight excluding hydrogens is 204 g/mol. The van der Waals surface area contributed by atoms with Gasteiger partial charge in [0.25, 0.3) is 0 Å². The molecule has 0 unspecified atom stereocenters.